The number of fused-ring (bicyclic) bond motifs is 4. The second kappa shape index (κ2) is 6.92. The van der Waals surface area contributed by atoms with Gasteiger partial charge in [0.15, 0.2) is 0 Å². The normalized spacial score (nSPS) is 24.0. The molecule has 3 saturated carbocycles. The van der Waals surface area contributed by atoms with Crippen molar-refractivity contribution in [3.63, 3.8) is 0 Å². The summed E-state index contributed by atoms with van der Waals surface area (Å²) in [5.74, 6) is 1.43. The van der Waals surface area contributed by atoms with Crippen LogP contribution >= 0.6 is 0 Å². The van der Waals surface area contributed by atoms with Gasteiger partial charge in [0.2, 0.25) is 0 Å². The van der Waals surface area contributed by atoms with Gasteiger partial charge in [-0.25, -0.2) is 4.79 Å². The number of hydrogen-bond acceptors (Lipinski definition) is 3. The van der Waals surface area contributed by atoms with Crippen molar-refractivity contribution in [1.29, 1.82) is 0 Å². The van der Waals surface area contributed by atoms with Gasteiger partial charge in [-0.3, -0.25) is 5.10 Å². The molecule has 6 nitrogen and oxygen atoms in total. The third kappa shape index (κ3) is 2.96. The van der Waals surface area contributed by atoms with Crippen molar-refractivity contribution in [2.75, 3.05) is 0 Å². The molecule has 2 unspecified atom stereocenters. The summed E-state index contributed by atoms with van der Waals surface area (Å²) < 4.78 is 2.31. The van der Waals surface area contributed by atoms with Gasteiger partial charge in [0.1, 0.15) is 5.52 Å². The summed E-state index contributed by atoms with van der Waals surface area (Å²) in [7, 11) is 0. The highest BCUT2D eigenvalue weighted by atomic mass is 16.4. The molecular formula is C26H28N4O2. The minimum Gasteiger partial charge on any atom is -0.478 e. The summed E-state index contributed by atoms with van der Waals surface area (Å²) in [5, 5.41) is 21.9. The van der Waals surface area contributed by atoms with Gasteiger partial charge in [-0.1, -0.05) is 37.3 Å². The van der Waals surface area contributed by atoms with Crippen LogP contribution in [0.1, 0.15) is 54.6 Å². The molecule has 0 amide bonds. The first-order chi connectivity index (χ1) is 15.4. The maximum atomic E-state index is 11.7. The van der Waals surface area contributed by atoms with Crippen molar-refractivity contribution in [1.82, 2.24) is 20.0 Å². The summed E-state index contributed by atoms with van der Waals surface area (Å²) in [6.07, 6.45) is 6.90. The number of nitrogens with one attached hydrogen (secondary N) is 1. The summed E-state index contributed by atoms with van der Waals surface area (Å²) in [4.78, 5) is 11.7. The fraction of sp³-hybridized carbons (Fsp3) is 0.423. The maximum Gasteiger partial charge on any atom is 0.335 e. The highest BCUT2D eigenvalue weighted by Gasteiger charge is 2.52. The summed E-state index contributed by atoms with van der Waals surface area (Å²) in [5.41, 5.74) is 6.01. The molecular weight excluding hydrogens is 400 g/mol. The van der Waals surface area contributed by atoms with E-state index in [9.17, 15) is 9.90 Å². The van der Waals surface area contributed by atoms with Gasteiger partial charge in [0.05, 0.1) is 11.1 Å². The number of aromatic nitrogens is 4. The number of H-pyrrole nitrogens is 1. The average molecular weight is 429 g/mol. The molecule has 2 atom stereocenters. The Kier molecular flexibility index (Phi) is 4.23. The first kappa shape index (κ1) is 19.5. The molecule has 0 saturated heterocycles. The predicted octanol–water partition coefficient (Wildman–Crippen LogP) is 5.27. The first-order valence-corrected chi connectivity index (χ1v) is 11.5. The van der Waals surface area contributed by atoms with Crippen LogP contribution < -0.4 is 0 Å². The van der Waals surface area contributed by atoms with E-state index in [1.54, 1.807) is 6.07 Å². The predicted molar refractivity (Wildman–Crippen MR) is 124 cm³/mol. The van der Waals surface area contributed by atoms with Gasteiger partial charge < -0.3 is 9.67 Å². The lowest BCUT2D eigenvalue weighted by Gasteiger charge is -2.59. The number of nitrogens with zero attached hydrogens (tertiary/aromatic N) is 3. The van der Waals surface area contributed by atoms with Gasteiger partial charge in [-0.05, 0) is 71.8 Å². The molecule has 3 fully saturated rings. The smallest absolute Gasteiger partial charge is 0.335 e. The molecule has 32 heavy (non-hydrogen) atoms. The van der Waals surface area contributed by atoms with Gasteiger partial charge >= 0.3 is 5.97 Å². The van der Waals surface area contributed by atoms with Crippen LogP contribution in [0.4, 0.5) is 0 Å². The van der Waals surface area contributed by atoms with E-state index in [4.69, 9.17) is 0 Å². The molecule has 6 heteroatoms. The second-order valence-electron chi connectivity index (χ2n) is 10.4. The molecule has 2 N–H and O–H groups in total. The van der Waals surface area contributed by atoms with Gasteiger partial charge in [-0.15, -0.1) is 5.10 Å². The van der Waals surface area contributed by atoms with E-state index in [0.29, 0.717) is 16.9 Å². The molecule has 0 radical (unpaired) electrons. The van der Waals surface area contributed by atoms with Gasteiger partial charge in [-0.2, -0.15) is 0 Å². The van der Waals surface area contributed by atoms with Gasteiger partial charge in [0.25, 0.3) is 0 Å². The molecule has 2 aromatic heterocycles. The lowest BCUT2D eigenvalue weighted by molar-refractivity contribution is -0.0923. The Morgan fingerprint density at radius 2 is 1.97 bits per heavy atom. The monoisotopic (exact) mass is 428 g/mol. The van der Waals surface area contributed by atoms with Crippen LogP contribution in [0, 0.1) is 23.2 Å². The Labute approximate surface area is 186 Å². The Bertz CT molecular complexity index is 1330. The Morgan fingerprint density at radius 1 is 1.16 bits per heavy atom. The van der Waals surface area contributed by atoms with Crippen LogP contribution in [-0.2, 0) is 13.0 Å². The van der Waals surface area contributed by atoms with Crippen LogP contribution in [0.2, 0.25) is 0 Å². The minimum absolute atomic E-state index is 0.342. The highest BCUT2D eigenvalue weighted by Crippen LogP contribution is 2.60. The molecule has 0 aliphatic heterocycles. The van der Waals surface area contributed by atoms with E-state index in [0.717, 1.165) is 52.3 Å². The van der Waals surface area contributed by atoms with Crippen molar-refractivity contribution in [2.45, 2.75) is 46.1 Å². The number of carbonyl (C=O) groups is 1. The fourth-order valence-corrected chi connectivity index (χ4v) is 6.32. The number of hydrogen-bond donors (Lipinski definition) is 2. The second-order valence-corrected chi connectivity index (χ2v) is 10.4. The quantitative estimate of drug-likeness (QED) is 0.453. The number of carboxylic acid groups (broad SMARTS) is 1. The molecule has 4 aromatic rings. The lowest BCUT2D eigenvalue weighted by Crippen LogP contribution is -2.51. The number of aromatic amines is 1. The number of aromatic carboxylic acids is 1. The van der Waals surface area contributed by atoms with Crippen molar-refractivity contribution in [3.05, 3.63) is 59.3 Å². The Morgan fingerprint density at radius 3 is 2.72 bits per heavy atom. The van der Waals surface area contributed by atoms with Crippen molar-refractivity contribution in [2.24, 2.45) is 23.2 Å². The summed E-state index contributed by atoms with van der Waals surface area (Å²) in [6.45, 7) is 5.81. The van der Waals surface area contributed by atoms with E-state index >= 15 is 0 Å². The number of benzene rings is 2. The molecule has 3 aliphatic rings. The van der Waals surface area contributed by atoms with Crippen LogP contribution in [0.25, 0.3) is 21.9 Å². The minimum atomic E-state index is -0.880. The van der Waals surface area contributed by atoms with Crippen LogP contribution in [0.3, 0.4) is 0 Å². The zero-order chi connectivity index (χ0) is 22.0. The van der Waals surface area contributed by atoms with Crippen LogP contribution in [0.15, 0.2) is 42.6 Å². The average Bonchev–Trinajstić information content (AvgIpc) is 3.39. The zero-order valence-electron chi connectivity index (χ0n) is 18.5. The maximum absolute atomic E-state index is 11.7. The molecule has 0 spiro atoms. The lowest BCUT2D eigenvalue weighted by atomic mass is 9.47. The molecule has 2 heterocycles. The van der Waals surface area contributed by atoms with Crippen LogP contribution in [0.5, 0.6) is 0 Å². The van der Waals surface area contributed by atoms with E-state index < -0.39 is 5.97 Å². The number of carboxylic acids is 1. The largest absolute Gasteiger partial charge is 0.478 e. The zero-order valence-corrected chi connectivity index (χ0v) is 18.5. The highest BCUT2D eigenvalue weighted by molar-refractivity contribution is 5.95. The van der Waals surface area contributed by atoms with Crippen molar-refractivity contribution < 1.29 is 9.90 Å². The molecule has 3 aliphatic carbocycles. The van der Waals surface area contributed by atoms with E-state index in [2.05, 4.69) is 46.1 Å². The van der Waals surface area contributed by atoms with E-state index in [1.165, 1.54) is 24.8 Å². The fourth-order valence-electron chi connectivity index (χ4n) is 6.32. The molecule has 2 aromatic carbocycles. The van der Waals surface area contributed by atoms with E-state index in [-0.39, 0.29) is 0 Å². The molecule has 7 rings (SSSR count). The summed E-state index contributed by atoms with van der Waals surface area (Å²) in [6, 6.07) is 11.6. The molecule has 2 bridgehead atoms. The van der Waals surface area contributed by atoms with E-state index in [1.807, 2.05) is 24.3 Å². The van der Waals surface area contributed by atoms with Crippen LogP contribution in [-0.4, -0.2) is 31.1 Å². The number of rotatable bonds is 5. The van der Waals surface area contributed by atoms with Gasteiger partial charge in [0, 0.05) is 30.1 Å². The topological polar surface area (TPSA) is 83.8 Å². The third-order valence-electron chi connectivity index (χ3n) is 8.40. The SMILES string of the molecule is CC1(C)C2CC(Cn3cc(Cc4cccc5[nH]nnc45)c4ccc(C(=O)O)cc43)CC1C2. The summed E-state index contributed by atoms with van der Waals surface area (Å²) >= 11 is 0. The van der Waals surface area contributed by atoms with Crippen molar-refractivity contribution >= 4 is 27.9 Å². The third-order valence-corrected chi connectivity index (χ3v) is 8.40. The Hall–Kier alpha value is -3.15. The van der Waals surface area contributed by atoms with Crippen molar-refractivity contribution in [3.8, 4) is 0 Å². The first-order valence-electron chi connectivity index (χ1n) is 11.5. The Balaban J connectivity index is 1.37. The molecule has 164 valence electrons. The standard InChI is InChI=1S/C26H28N4O2/c1-26(2)19-8-15(9-20(26)12-19)13-30-14-18(21-7-6-17(25(31)32)11-23(21)30)10-16-4-3-5-22-24(16)28-29-27-22/h3-7,11,14-15,19-20H,8-10,12-13H2,1-2H3,(H,31,32)(H,27,28,29).